The minimum atomic E-state index is -0.446. The van der Waals surface area contributed by atoms with Crippen molar-refractivity contribution in [3.05, 3.63) is 24.3 Å². The molecular weight excluding hydrogens is 206 g/mol. The maximum Gasteiger partial charge on any atom is 0.260 e. The molecule has 0 aliphatic heterocycles. The van der Waals surface area contributed by atoms with E-state index in [1.807, 2.05) is 6.92 Å². The van der Waals surface area contributed by atoms with Gasteiger partial charge in [0.05, 0.1) is 7.11 Å². The Morgan fingerprint density at radius 3 is 2.31 bits per heavy atom. The predicted octanol–water partition coefficient (Wildman–Crippen LogP) is 1.60. The van der Waals surface area contributed by atoms with E-state index in [1.165, 1.54) is 0 Å². The first-order valence-electron chi connectivity index (χ1n) is 5.23. The van der Waals surface area contributed by atoms with Crippen molar-refractivity contribution in [2.24, 2.45) is 0 Å². The van der Waals surface area contributed by atoms with Crippen molar-refractivity contribution in [3.63, 3.8) is 0 Å². The number of ether oxygens (including phenoxy) is 2. The van der Waals surface area contributed by atoms with Crippen LogP contribution in [0, 0.1) is 0 Å². The number of rotatable bonds is 5. The van der Waals surface area contributed by atoms with Gasteiger partial charge in [-0.05, 0) is 30.7 Å². The van der Waals surface area contributed by atoms with Crippen LogP contribution in [0.4, 0.5) is 0 Å². The molecule has 88 valence electrons. The first-order chi connectivity index (χ1) is 7.71. The van der Waals surface area contributed by atoms with E-state index in [2.05, 4.69) is 5.32 Å². The van der Waals surface area contributed by atoms with E-state index >= 15 is 0 Å². The van der Waals surface area contributed by atoms with E-state index in [-0.39, 0.29) is 5.91 Å². The zero-order valence-corrected chi connectivity index (χ0v) is 9.82. The summed E-state index contributed by atoms with van der Waals surface area (Å²) in [6, 6.07) is 7.16. The Kier molecular flexibility index (Phi) is 4.64. The van der Waals surface area contributed by atoms with Gasteiger partial charge in [0.25, 0.3) is 5.91 Å². The summed E-state index contributed by atoms with van der Waals surface area (Å²) in [4.78, 5) is 11.4. The van der Waals surface area contributed by atoms with Gasteiger partial charge < -0.3 is 14.8 Å². The van der Waals surface area contributed by atoms with Gasteiger partial charge in [-0.15, -0.1) is 0 Å². The maximum atomic E-state index is 11.4. The van der Waals surface area contributed by atoms with E-state index < -0.39 is 6.10 Å². The molecule has 0 aliphatic rings. The molecule has 0 spiro atoms. The molecular formula is C12H17NO3. The van der Waals surface area contributed by atoms with Gasteiger partial charge in [0, 0.05) is 7.05 Å². The Labute approximate surface area is 95.6 Å². The fraction of sp³-hybridized carbons (Fsp3) is 0.417. The Morgan fingerprint density at radius 1 is 1.31 bits per heavy atom. The summed E-state index contributed by atoms with van der Waals surface area (Å²) in [6.45, 7) is 1.91. The highest BCUT2D eigenvalue weighted by Gasteiger charge is 2.16. The number of nitrogens with one attached hydrogen (secondary N) is 1. The van der Waals surface area contributed by atoms with Crippen molar-refractivity contribution in [2.45, 2.75) is 19.4 Å². The maximum absolute atomic E-state index is 11.4. The van der Waals surface area contributed by atoms with Crippen molar-refractivity contribution in [1.29, 1.82) is 0 Å². The summed E-state index contributed by atoms with van der Waals surface area (Å²) in [7, 11) is 3.21. The number of carbonyl (C=O) groups excluding carboxylic acids is 1. The summed E-state index contributed by atoms with van der Waals surface area (Å²) in [6.07, 6.45) is 0.185. The average molecular weight is 223 g/mol. The normalized spacial score (nSPS) is 11.7. The van der Waals surface area contributed by atoms with Gasteiger partial charge in [-0.25, -0.2) is 0 Å². The number of hydrogen-bond acceptors (Lipinski definition) is 3. The molecule has 1 atom stereocenters. The van der Waals surface area contributed by atoms with E-state index in [0.29, 0.717) is 12.2 Å². The van der Waals surface area contributed by atoms with Gasteiger partial charge in [0.1, 0.15) is 11.5 Å². The molecule has 4 heteroatoms. The monoisotopic (exact) mass is 223 g/mol. The van der Waals surface area contributed by atoms with Crippen LogP contribution in [0.1, 0.15) is 13.3 Å². The van der Waals surface area contributed by atoms with Crippen molar-refractivity contribution < 1.29 is 14.3 Å². The highest BCUT2D eigenvalue weighted by molar-refractivity contribution is 5.80. The first-order valence-corrected chi connectivity index (χ1v) is 5.23. The van der Waals surface area contributed by atoms with Crippen molar-refractivity contribution in [3.8, 4) is 11.5 Å². The number of amides is 1. The molecule has 0 unspecified atom stereocenters. The minimum absolute atomic E-state index is 0.113. The summed E-state index contributed by atoms with van der Waals surface area (Å²) in [5, 5.41) is 2.57. The van der Waals surface area contributed by atoms with Gasteiger partial charge >= 0.3 is 0 Å². The molecule has 0 radical (unpaired) electrons. The average Bonchev–Trinajstić information content (AvgIpc) is 2.35. The van der Waals surface area contributed by atoms with E-state index in [4.69, 9.17) is 9.47 Å². The molecule has 1 aromatic carbocycles. The SMILES string of the molecule is CC[C@H](Oc1ccc(OC)cc1)C(=O)NC. The van der Waals surface area contributed by atoms with Crippen LogP contribution >= 0.6 is 0 Å². The van der Waals surface area contributed by atoms with Crippen LogP contribution in [0.2, 0.25) is 0 Å². The van der Waals surface area contributed by atoms with Gasteiger partial charge in [-0.3, -0.25) is 4.79 Å². The molecule has 1 aromatic rings. The summed E-state index contributed by atoms with van der Waals surface area (Å²) < 4.78 is 10.6. The fourth-order valence-electron chi connectivity index (χ4n) is 1.30. The topological polar surface area (TPSA) is 47.6 Å². The number of benzene rings is 1. The number of hydrogen-bond donors (Lipinski definition) is 1. The number of likely N-dealkylation sites (N-methyl/N-ethyl adjacent to an activating group) is 1. The van der Waals surface area contributed by atoms with Crippen LogP contribution < -0.4 is 14.8 Å². The van der Waals surface area contributed by atoms with Crippen molar-refractivity contribution >= 4 is 5.91 Å². The molecule has 0 aliphatic carbocycles. The zero-order chi connectivity index (χ0) is 12.0. The fourth-order valence-corrected chi connectivity index (χ4v) is 1.30. The standard InChI is InChI=1S/C12H17NO3/c1-4-11(12(14)13-2)16-10-7-5-9(15-3)6-8-10/h5-8,11H,4H2,1-3H3,(H,13,14)/t11-/m0/s1. The first kappa shape index (κ1) is 12.4. The summed E-state index contributed by atoms with van der Waals surface area (Å²) in [5.41, 5.74) is 0. The van der Waals surface area contributed by atoms with Gasteiger partial charge in [0.2, 0.25) is 0 Å². The second kappa shape index (κ2) is 6.00. The highest BCUT2D eigenvalue weighted by Crippen LogP contribution is 2.18. The molecule has 0 aromatic heterocycles. The largest absolute Gasteiger partial charge is 0.497 e. The molecule has 1 amide bonds. The van der Waals surface area contributed by atoms with Crippen LogP contribution in [0.5, 0.6) is 11.5 Å². The van der Waals surface area contributed by atoms with E-state index in [9.17, 15) is 4.79 Å². The Hall–Kier alpha value is -1.71. The Balaban J connectivity index is 2.66. The number of carbonyl (C=O) groups is 1. The van der Waals surface area contributed by atoms with Gasteiger partial charge in [-0.1, -0.05) is 6.92 Å². The molecule has 0 saturated heterocycles. The third kappa shape index (κ3) is 3.15. The van der Waals surface area contributed by atoms with E-state index in [0.717, 1.165) is 5.75 Å². The minimum Gasteiger partial charge on any atom is -0.497 e. The smallest absolute Gasteiger partial charge is 0.260 e. The van der Waals surface area contributed by atoms with Gasteiger partial charge in [0.15, 0.2) is 6.10 Å². The molecule has 4 nitrogen and oxygen atoms in total. The van der Waals surface area contributed by atoms with Crippen LogP contribution in [-0.4, -0.2) is 26.2 Å². The quantitative estimate of drug-likeness (QED) is 0.824. The van der Waals surface area contributed by atoms with Crippen LogP contribution in [-0.2, 0) is 4.79 Å². The number of methoxy groups -OCH3 is 1. The Bertz CT molecular complexity index is 335. The highest BCUT2D eigenvalue weighted by atomic mass is 16.5. The molecule has 0 fully saturated rings. The molecule has 0 heterocycles. The third-order valence-corrected chi connectivity index (χ3v) is 2.25. The predicted molar refractivity (Wildman–Crippen MR) is 61.8 cm³/mol. The summed E-state index contributed by atoms with van der Waals surface area (Å²) in [5.74, 6) is 1.31. The molecule has 0 bridgehead atoms. The van der Waals surface area contributed by atoms with Crippen LogP contribution in [0.25, 0.3) is 0 Å². The summed E-state index contributed by atoms with van der Waals surface area (Å²) >= 11 is 0. The molecule has 1 rings (SSSR count). The molecule has 16 heavy (non-hydrogen) atoms. The van der Waals surface area contributed by atoms with Crippen LogP contribution in [0.15, 0.2) is 24.3 Å². The van der Waals surface area contributed by atoms with E-state index in [1.54, 1.807) is 38.4 Å². The van der Waals surface area contributed by atoms with Crippen molar-refractivity contribution in [2.75, 3.05) is 14.2 Å². The lowest BCUT2D eigenvalue weighted by Gasteiger charge is -2.15. The van der Waals surface area contributed by atoms with Crippen molar-refractivity contribution in [1.82, 2.24) is 5.32 Å². The third-order valence-electron chi connectivity index (χ3n) is 2.25. The van der Waals surface area contributed by atoms with Gasteiger partial charge in [-0.2, -0.15) is 0 Å². The second-order valence-corrected chi connectivity index (χ2v) is 3.30. The molecule has 1 N–H and O–H groups in total. The lowest BCUT2D eigenvalue weighted by atomic mass is 10.2. The Morgan fingerprint density at radius 2 is 1.88 bits per heavy atom. The molecule has 0 saturated carbocycles. The van der Waals surface area contributed by atoms with Crippen LogP contribution in [0.3, 0.4) is 0 Å². The lowest BCUT2D eigenvalue weighted by Crippen LogP contribution is -2.35. The second-order valence-electron chi connectivity index (χ2n) is 3.30. The zero-order valence-electron chi connectivity index (χ0n) is 9.82. The lowest BCUT2D eigenvalue weighted by molar-refractivity contribution is -0.127.